The van der Waals surface area contributed by atoms with Crippen molar-refractivity contribution in [3.05, 3.63) is 11.3 Å². The maximum absolute atomic E-state index is 13.0. The summed E-state index contributed by atoms with van der Waals surface area (Å²) >= 11 is 0. The van der Waals surface area contributed by atoms with Crippen LogP contribution in [0, 0.1) is 0 Å². The van der Waals surface area contributed by atoms with Crippen molar-refractivity contribution in [3.63, 3.8) is 0 Å². The van der Waals surface area contributed by atoms with E-state index >= 15 is 0 Å². The SMILES string of the molecule is CCOC(=O)n1nc(NC(=O)C(C)(C)[Si](C)(C)CC)c2c1C(C)(C)NC2. The lowest BCUT2D eigenvalue weighted by Gasteiger charge is -2.37. The Morgan fingerprint density at radius 2 is 1.96 bits per heavy atom. The molecule has 0 saturated carbocycles. The first-order chi connectivity index (χ1) is 11.9. The normalized spacial score (nSPS) is 16.3. The summed E-state index contributed by atoms with van der Waals surface area (Å²) in [6.07, 6.45) is -0.524. The Kier molecular flexibility index (Phi) is 5.40. The van der Waals surface area contributed by atoms with Crippen molar-refractivity contribution in [1.29, 1.82) is 0 Å². The number of nitrogens with one attached hydrogen (secondary N) is 2. The van der Waals surface area contributed by atoms with Gasteiger partial charge in [-0.05, 0) is 20.8 Å². The second-order valence-electron chi connectivity index (χ2n) is 8.58. The molecule has 0 aliphatic carbocycles. The quantitative estimate of drug-likeness (QED) is 0.761. The first-order valence-electron chi connectivity index (χ1n) is 9.25. The number of carbonyl (C=O) groups excluding carboxylic acids is 2. The van der Waals surface area contributed by atoms with E-state index in [-0.39, 0.29) is 12.5 Å². The molecule has 0 bridgehead atoms. The molecule has 1 amide bonds. The zero-order valence-corrected chi connectivity index (χ0v) is 18.2. The van der Waals surface area contributed by atoms with E-state index in [9.17, 15) is 9.59 Å². The molecule has 2 rings (SSSR count). The predicted molar refractivity (Wildman–Crippen MR) is 105 cm³/mol. The van der Waals surface area contributed by atoms with Crippen LogP contribution in [0.3, 0.4) is 0 Å². The van der Waals surface area contributed by atoms with Crippen LogP contribution in [0.2, 0.25) is 24.2 Å². The molecule has 1 aliphatic heterocycles. The highest BCUT2D eigenvalue weighted by Gasteiger charge is 2.45. The minimum atomic E-state index is -1.76. The van der Waals surface area contributed by atoms with Crippen LogP contribution in [0.25, 0.3) is 0 Å². The number of nitrogens with zero attached hydrogens (tertiary/aromatic N) is 2. The van der Waals surface area contributed by atoms with Gasteiger partial charge < -0.3 is 15.4 Å². The number of aromatic nitrogens is 2. The summed E-state index contributed by atoms with van der Waals surface area (Å²) in [6, 6.07) is 1.01. The first kappa shape index (κ1) is 20.6. The summed E-state index contributed by atoms with van der Waals surface area (Å²) in [4.78, 5) is 25.4. The summed E-state index contributed by atoms with van der Waals surface area (Å²) in [5, 5.41) is 10.3. The van der Waals surface area contributed by atoms with Gasteiger partial charge in [-0.2, -0.15) is 4.68 Å². The number of rotatable bonds is 5. The molecule has 7 nitrogen and oxygen atoms in total. The average molecular weight is 381 g/mol. The molecule has 26 heavy (non-hydrogen) atoms. The molecule has 0 fully saturated rings. The summed E-state index contributed by atoms with van der Waals surface area (Å²) in [6.45, 7) is 17.1. The third-order valence-corrected chi connectivity index (χ3v) is 11.5. The molecule has 2 N–H and O–H groups in total. The summed E-state index contributed by atoms with van der Waals surface area (Å²) in [7, 11) is -1.76. The van der Waals surface area contributed by atoms with Crippen molar-refractivity contribution < 1.29 is 14.3 Å². The van der Waals surface area contributed by atoms with Gasteiger partial charge in [-0.1, -0.05) is 39.9 Å². The third kappa shape index (κ3) is 3.32. The molecule has 0 atom stereocenters. The molecule has 1 aromatic heterocycles. The van der Waals surface area contributed by atoms with Gasteiger partial charge in [0.05, 0.1) is 25.9 Å². The van der Waals surface area contributed by atoms with Gasteiger partial charge >= 0.3 is 6.09 Å². The lowest BCUT2D eigenvalue weighted by atomic mass is 10.0. The van der Waals surface area contributed by atoms with Crippen molar-refractivity contribution in [2.24, 2.45) is 0 Å². The van der Waals surface area contributed by atoms with Crippen LogP contribution in [-0.4, -0.2) is 36.5 Å². The van der Waals surface area contributed by atoms with E-state index in [0.717, 1.165) is 17.3 Å². The molecule has 2 heterocycles. The zero-order valence-electron chi connectivity index (χ0n) is 17.2. The van der Waals surface area contributed by atoms with Crippen LogP contribution in [0.4, 0.5) is 10.6 Å². The molecule has 0 spiro atoms. The Labute approximate surface area is 156 Å². The minimum Gasteiger partial charge on any atom is -0.448 e. The van der Waals surface area contributed by atoms with Crippen LogP contribution in [-0.2, 0) is 21.6 Å². The van der Waals surface area contributed by atoms with Crippen LogP contribution in [0.5, 0.6) is 0 Å². The number of anilines is 1. The topological polar surface area (TPSA) is 85.2 Å². The second kappa shape index (κ2) is 6.81. The van der Waals surface area contributed by atoms with E-state index in [2.05, 4.69) is 35.8 Å². The molecule has 0 aromatic carbocycles. The van der Waals surface area contributed by atoms with Crippen molar-refractivity contribution in [2.75, 3.05) is 11.9 Å². The van der Waals surface area contributed by atoms with E-state index in [4.69, 9.17) is 4.74 Å². The zero-order chi connectivity index (χ0) is 19.9. The van der Waals surface area contributed by atoms with Crippen LogP contribution in [0.1, 0.15) is 52.8 Å². The predicted octanol–water partition coefficient (Wildman–Crippen LogP) is 3.67. The number of hydrogen-bond acceptors (Lipinski definition) is 5. The number of ether oxygens (including phenoxy) is 1. The largest absolute Gasteiger partial charge is 0.448 e. The fraction of sp³-hybridized carbons (Fsp3) is 0.722. The molecular weight excluding hydrogens is 348 g/mol. The van der Waals surface area contributed by atoms with E-state index in [1.54, 1.807) is 6.92 Å². The standard InChI is InChI=1S/C18H32N4O3Si/c1-9-25-16(24)22-13-12(11-19-17(13,3)4)14(21-22)20-15(23)18(5,6)26(7,8)10-2/h19H,9-11H2,1-8H3,(H,20,21,23). The smallest absolute Gasteiger partial charge is 0.435 e. The van der Waals surface area contributed by atoms with Crippen LogP contribution in [0.15, 0.2) is 0 Å². The van der Waals surface area contributed by atoms with Crippen molar-refractivity contribution in [1.82, 2.24) is 15.1 Å². The van der Waals surface area contributed by atoms with Crippen molar-refractivity contribution >= 4 is 25.9 Å². The molecule has 8 heteroatoms. The highest BCUT2D eigenvalue weighted by molar-refractivity contribution is 6.83. The Bertz CT molecular complexity index is 722. The first-order valence-corrected chi connectivity index (χ1v) is 12.5. The number of carbonyl (C=O) groups is 2. The highest BCUT2D eigenvalue weighted by Crippen LogP contribution is 2.41. The lowest BCUT2D eigenvalue weighted by Crippen LogP contribution is -2.46. The lowest BCUT2D eigenvalue weighted by molar-refractivity contribution is -0.118. The van der Waals surface area contributed by atoms with E-state index in [0.29, 0.717) is 12.4 Å². The number of amides is 1. The molecule has 1 aliphatic rings. The van der Waals surface area contributed by atoms with Gasteiger partial charge in [-0.3, -0.25) is 4.79 Å². The molecule has 1 aromatic rings. The Balaban J connectivity index is 2.42. The average Bonchev–Trinajstić information content (AvgIpc) is 3.06. The van der Waals surface area contributed by atoms with E-state index in [1.807, 2.05) is 27.7 Å². The van der Waals surface area contributed by atoms with Gasteiger partial charge in [-0.15, -0.1) is 5.10 Å². The Morgan fingerprint density at radius 1 is 1.35 bits per heavy atom. The Hall–Kier alpha value is -1.67. The van der Waals surface area contributed by atoms with E-state index < -0.39 is 24.7 Å². The molecule has 0 saturated heterocycles. The van der Waals surface area contributed by atoms with Crippen LogP contribution >= 0.6 is 0 Å². The summed E-state index contributed by atoms with van der Waals surface area (Å²) < 4.78 is 6.41. The fourth-order valence-electron chi connectivity index (χ4n) is 3.08. The van der Waals surface area contributed by atoms with Gasteiger partial charge in [0.15, 0.2) is 5.82 Å². The Morgan fingerprint density at radius 3 is 2.50 bits per heavy atom. The van der Waals surface area contributed by atoms with E-state index in [1.165, 1.54) is 4.68 Å². The fourth-order valence-corrected chi connectivity index (χ4v) is 4.64. The molecular formula is C18H32N4O3Si. The monoisotopic (exact) mass is 380 g/mol. The summed E-state index contributed by atoms with van der Waals surface area (Å²) in [5.74, 6) is 0.405. The van der Waals surface area contributed by atoms with Gasteiger partial charge in [-0.25, -0.2) is 4.79 Å². The molecule has 0 radical (unpaired) electrons. The number of fused-ring (bicyclic) bond motifs is 1. The maximum Gasteiger partial charge on any atom is 0.435 e. The van der Waals surface area contributed by atoms with Crippen molar-refractivity contribution in [3.8, 4) is 0 Å². The number of hydrogen-bond donors (Lipinski definition) is 2. The maximum atomic E-state index is 13.0. The third-order valence-electron chi connectivity index (χ3n) is 6.10. The van der Waals surface area contributed by atoms with Crippen LogP contribution < -0.4 is 10.6 Å². The molecule has 0 unspecified atom stereocenters. The van der Waals surface area contributed by atoms with Gasteiger partial charge in [0.2, 0.25) is 5.91 Å². The van der Waals surface area contributed by atoms with Gasteiger partial charge in [0.25, 0.3) is 0 Å². The van der Waals surface area contributed by atoms with Gasteiger partial charge in [0, 0.05) is 17.1 Å². The second-order valence-corrected chi connectivity index (χ2v) is 14.3. The summed E-state index contributed by atoms with van der Waals surface area (Å²) in [5.41, 5.74) is 1.17. The molecule has 146 valence electrons. The minimum absolute atomic E-state index is 0.0444. The van der Waals surface area contributed by atoms with Crippen molar-refractivity contribution in [2.45, 2.75) is 77.8 Å². The highest BCUT2D eigenvalue weighted by atomic mass is 28.3. The van der Waals surface area contributed by atoms with Gasteiger partial charge in [0.1, 0.15) is 0 Å².